The molecule has 1 unspecified atom stereocenters. The van der Waals surface area contributed by atoms with Crippen molar-refractivity contribution in [3.05, 3.63) is 42.5 Å². The molecule has 2 bridgehead atoms. The molecular weight excluding hydrogens is 316 g/mol. The Kier molecular flexibility index (Phi) is 3.38. The van der Waals surface area contributed by atoms with Gasteiger partial charge in [0.05, 0.1) is 18.0 Å². The number of aromatic nitrogens is 2. The molecule has 0 spiro atoms. The van der Waals surface area contributed by atoms with Crippen LogP contribution < -0.4 is 5.32 Å². The number of hydrogen-bond acceptors (Lipinski definition) is 4. The molecule has 3 aromatic rings. The third-order valence-electron chi connectivity index (χ3n) is 5.61. The van der Waals surface area contributed by atoms with Gasteiger partial charge in [-0.3, -0.25) is 9.89 Å². The van der Waals surface area contributed by atoms with Crippen LogP contribution in [0.5, 0.6) is 0 Å². The predicted octanol–water partition coefficient (Wildman–Crippen LogP) is 2.65. The fraction of sp³-hybridized carbons (Fsp3) is 0.368. The molecule has 6 heteroatoms. The van der Waals surface area contributed by atoms with Crippen LogP contribution in [0.4, 0.5) is 0 Å². The highest BCUT2D eigenvalue weighted by Crippen LogP contribution is 2.29. The Bertz CT molecular complexity index is 907. The van der Waals surface area contributed by atoms with Gasteiger partial charge < -0.3 is 14.6 Å². The van der Waals surface area contributed by atoms with Crippen LogP contribution in [0.25, 0.3) is 22.0 Å². The standard InChI is InChI=1S/C19H20N4O2/c24-19(20-17-10-23-6-3-12(17)4-7-23)18-15-2-1-13(9-16(15)21-22-18)14-5-8-25-11-14/h1-2,5,8-9,11-12,17H,3-4,6-7,10H2,(H,20,24)(H,21,22). The van der Waals surface area contributed by atoms with Crippen molar-refractivity contribution in [2.24, 2.45) is 5.92 Å². The van der Waals surface area contributed by atoms with Crippen molar-refractivity contribution < 1.29 is 9.21 Å². The number of piperidine rings is 3. The molecule has 3 aliphatic rings. The van der Waals surface area contributed by atoms with Gasteiger partial charge >= 0.3 is 0 Å². The molecule has 3 fully saturated rings. The highest BCUT2D eigenvalue weighted by molar-refractivity contribution is 6.05. The van der Waals surface area contributed by atoms with E-state index in [0.717, 1.165) is 28.6 Å². The lowest BCUT2D eigenvalue weighted by Gasteiger charge is -2.44. The molecule has 5 heterocycles. The number of nitrogens with zero attached hydrogens (tertiary/aromatic N) is 2. The molecule has 128 valence electrons. The van der Waals surface area contributed by atoms with E-state index in [1.54, 1.807) is 12.5 Å². The predicted molar refractivity (Wildman–Crippen MR) is 94.2 cm³/mol. The molecule has 0 saturated carbocycles. The van der Waals surface area contributed by atoms with Gasteiger partial charge in [0, 0.05) is 23.5 Å². The minimum absolute atomic E-state index is 0.0824. The summed E-state index contributed by atoms with van der Waals surface area (Å²) in [4.78, 5) is 15.2. The van der Waals surface area contributed by atoms with E-state index in [9.17, 15) is 4.79 Å². The fourth-order valence-corrected chi connectivity index (χ4v) is 4.17. The van der Waals surface area contributed by atoms with Crippen molar-refractivity contribution >= 4 is 16.8 Å². The summed E-state index contributed by atoms with van der Waals surface area (Å²) in [7, 11) is 0. The smallest absolute Gasteiger partial charge is 0.272 e. The van der Waals surface area contributed by atoms with E-state index in [1.165, 1.54) is 25.9 Å². The quantitative estimate of drug-likeness (QED) is 0.771. The van der Waals surface area contributed by atoms with Crippen LogP contribution in [0.3, 0.4) is 0 Å². The van der Waals surface area contributed by atoms with E-state index >= 15 is 0 Å². The topological polar surface area (TPSA) is 74.2 Å². The molecule has 2 N–H and O–H groups in total. The van der Waals surface area contributed by atoms with Crippen molar-refractivity contribution in [2.45, 2.75) is 18.9 Å². The van der Waals surface area contributed by atoms with Crippen LogP contribution in [0, 0.1) is 5.92 Å². The van der Waals surface area contributed by atoms with E-state index in [-0.39, 0.29) is 11.9 Å². The van der Waals surface area contributed by atoms with Gasteiger partial charge in [-0.15, -0.1) is 0 Å². The van der Waals surface area contributed by atoms with Crippen LogP contribution in [-0.2, 0) is 0 Å². The van der Waals surface area contributed by atoms with Crippen molar-refractivity contribution in [1.29, 1.82) is 0 Å². The Hall–Kier alpha value is -2.60. The zero-order valence-electron chi connectivity index (χ0n) is 13.9. The monoisotopic (exact) mass is 336 g/mol. The maximum absolute atomic E-state index is 12.8. The Balaban J connectivity index is 1.40. The van der Waals surface area contributed by atoms with Crippen LogP contribution >= 0.6 is 0 Å². The summed E-state index contributed by atoms with van der Waals surface area (Å²) in [5.41, 5.74) is 3.38. The second-order valence-corrected chi connectivity index (χ2v) is 7.06. The van der Waals surface area contributed by atoms with Crippen LogP contribution in [-0.4, -0.2) is 46.7 Å². The minimum atomic E-state index is -0.0824. The number of rotatable bonds is 3. The SMILES string of the molecule is O=C(NC1CN2CCC1CC2)c1n[nH]c2cc(-c3ccoc3)ccc12. The number of carbonyl (C=O) groups excluding carboxylic acids is 1. The normalized spacial score (nSPS) is 25.4. The van der Waals surface area contributed by atoms with E-state index in [0.29, 0.717) is 11.6 Å². The summed E-state index contributed by atoms with van der Waals surface area (Å²) in [5, 5.41) is 11.3. The number of amides is 1. The van der Waals surface area contributed by atoms with Crippen LogP contribution in [0.1, 0.15) is 23.3 Å². The maximum Gasteiger partial charge on any atom is 0.272 e. The summed E-state index contributed by atoms with van der Waals surface area (Å²) in [6, 6.07) is 8.10. The first kappa shape index (κ1) is 14.7. The van der Waals surface area contributed by atoms with E-state index in [4.69, 9.17) is 4.42 Å². The zero-order chi connectivity index (χ0) is 16.8. The Morgan fingerprint density at radius 1 is 1.24 bits per heavy atom. The first-order valence-corrected chi connectivity index (χ1v) is 8.82. The van der Waals surface area contributed by atoms with Crippen molar-refractivity contribution in [1.82, 2.24) is 20.4 Å². The highest BCUT2D eigenvalue weighted by atomic mass is 16.3. The van der Waals surface area contributed by atoms with Gasteiger partial charge in [0.25, 0.3) is 5.91 Å². The maximum atomic E-state index is 12.8. The number of hydrogen-bond donors (Lipinski definition) is 2. The second-order valence-electron chi connectivity index (χ2n) is 7.06. The number of H-pyrrole nitrogens is 1. The molecule has 1 aromatic carbocycles. The number of fused-ring (bicyclic) bond motifs is 4. The average Bonchev–Trinajstić information content (AvgIpc) is 3.32. The number of benzene rings is 1. The zero-order valence-corrected chi connectivity index (χ0v) is 13.9. The molecule has 1 atom stereocenters. The molecule has 2 aromatic heterocycles. The van der Waals surface area contributed by atoms with Crippen LogP contribution in [0.15, 0.2) is 41.2 Å². The second kappa shape index (κ2) is 5.74. The van der Waals surface area contributed by atoms with Gasteiger partial charge in [-0.25, -0.2) is 0 Å². The fourth-order valence-electron chi connectivity index (χ4n) is 4.17. The number of carbonyl (C=O) groups is 1. The molecule has 0 aliphatic carbocycles. The third kappa shape index (κ3) is 2.53. The van der Waals surface area contributed by atoms with Crippen molar-refractivity contribution in [3.63, 3.8) is 0 Å². The first-order chi connectivity index (χ1) is 12.3. The summed E-state index contributed by atoms with van der Waals surface area (Å²) in [5.74, 6) is 0.521. The average molecular weight is 336 g/mol. The Morgan fingerprint density at radius 3 is 2.84 bits per heavy atom. The number of nitrogens with one attached hydrogen (secondary N) is 2. The van der Waals surface area contributed by atoms with Gasteiger partial charge in [0.15, 0.2) is 5.69 Å². The Morgan fingerprint density at radius 2 is 2.12 bits per heavy atom. The molecule has 6 rings (SSSR count). The molecule has 3 aliphatic heterocycles. The lowest BCUT2D eigenvalue weighted by Crippen LogP contribution is -2.57. The third-order valence-corrected chi connectivity index (χ3v) is 5.61. The summed E-state index contributed by atoms with van der Waals surface area (Å²) >= 11 is 0. The van der Waals surface area contributed by atoms with Gasteiger partial charge in [-0.1, -0.05) is 6.07 Å². The summed E-state index contributed by atoms with van der Waals surface area (Å²) in [6.07, 6.45) is 5.72. The van der Waals surface area contributed by atoms with E-state index in [1.807, 2.05) is 24.3 Å². The van der Waals surface area contributed by atoms with Gasteiger partial charge in [-0.2, -0.15) is 5.10 Å². The van der Waals surface area contributed by atoms with Gasteiger partial charge in [0.1, 0.15) is 0 Å². The van der Waals surface area contributed by atoms with Crippen molar-refractivity contribution in [2.75, 3.05) is 19.6 Å². The first-order valence-electron chi connectivity index (χ1n) is 8.82. The highest BCUT2D eigenvalue weighted by Gasteiger charge is 2.35. The largest absolute Gasteiger partial charge is 0.472 e. The lowest BCUT2D eigenvalue weighted by molar-refractivity contribution is 0.0618. The lowest BCUT2D eigenvalue weighted by atomic mass is 9.84. The molecule has 6 nitrogen and oxygen atoms in total. The summed E-state index contributed by atoms with van der Waals surface area (Å²) in [6.45, 7) is 3.29. The molecule has 1 amide bonds. The van der Waals surface area contributed by atoms with Crippen LogP contribution in [0.2, 0.25) is 0 Å². The number of furan rings is 1. The Labute approximate surface area is 145 Å². The van der Waals surface area contributed by atoms with Gasteiger partial charge in [-0.05, 0) is 55.6 Å². The van der Waals surface area contributed by atoms with E-state index < -0.39 is 0 Å². The van der Waals surface area contributed by atoms with E-state index in [2.05, 4.69) is 20.4 Å². The molecule has 25 heavy (non-hydrogen) atoms. The molecule has 0 radical (unpaired) electrons. The minimum Gasteiger partial charge on any atom is -0.472 e. The van der Waals surface area contributed by atoms with Crippen molar-refractivity contribution in [3.8, 4) is 11.1 Å². The summed E-state index contributed by atoms with van der Waals surface area (Å²) < 4.78 is 5.14. The van der Waals surface area contributed by atoms with Gasteiger partial charge in [0.2, 0.25) is 0 Å². The molecule has 3 saturated heterocycles. The number of aromatic amines is 1. The molecular formula is C19H20N4O2.